The van der Waals surface area contributed by atoms with Gasteiger partial charge in [0.05, 0.1) is 0 Å². The van der Waals surface area contributed by atoms with Crippen molar-refractivity contribution in [1.29, 1.82) is 0 Å². The number of carbonyl (C=O) groups is 1. The van der Waals surface area contributed by atoms with Gasteiger partial charge in [0.2, 0.25) is 0 Å². The average Bonchev–Trinajstić information content (AvgIpc) is 2.31. The van der Waals surface area contributed by atoms with Gasteiger partial charge in [0.15, 0.2) is 0 Å². The van der Waals surface area contributed by atoms with E-state index in [-0.39, 0.29) is 0 Å². The minimum absolute atomic E-state index is 0.308. The molecule has 0 amide bonds. The van der Waals surface area contributed by atoms with Crippen molar-refractivity contribution in [2.24, 2.45) is 11.8 Å². The summed E-state index contributed by atoms with van der Waals surface area (Å²) < 4.78 is 0. The van der Waals surface area contributed by atoms with E-state index in [0.29, 0.717) is 17.7 Å². The van der Waals surface area contributed by atoms with Crippen LogP contribution < -0.4 is 0 Å². The molecule has 0 spiro atoms. The molecule has 100 valence electrons. The van der Waals surface area contributed by atoms with Crippen molar-refractivity contribution in [3.8, 4) is 0 Å². The normalized spacial score (nSPS) is 25.9. The largest absolute Gasteiger partial charge is 0.300 e. The second-order valence-corrected chi connectivity index (χ2v) is 5.80. The molecule has 1 aliphatic rings. The maximum absolute atomic E-state index is 12.0. The van der Waals surface area contributed by atoms with Gasteiger partial charge in [0.1, 0.15) is 5.78 Å². The molecule has 0 radical (unpaired) electrons. The summed E-state index contributed by atoms with van der Waals surface area (Å²) >= 11 is 0. The molecule has 1 aliphatic carbocycles. The summed E-state index contributed by atoms with van der Waals surface area (Å²) in [5.41, 5.74) is 0. The van der Waals surface area contributed by atoms with Crippen molar-refractivity contribution in [3.63, 3.8) is 0 Å². The van der Waals surface area contributed by atoms with Crippen molar-refractivity contribution < 1.29 is 4.79 Å². The molecular formula is C15H29NO. The summed E-state index contributed by atoms with van der Waals surface area (Å²) in [6.45, 7) is 11.1. The van der Waals surface area contributed by atoms with Crippen molar-refractivity contribution in [2.75, 3.05) is 13.1 Å². The molecule has 0 aromatic carbocycles. The zero-order chi connectivity index (χ0) is 12.8. The monoisotopic (exact) mass is 239 g/mol. The number of nitrogens with zero attached hydrogens (tertiary/aromatic N) is 1. The van der Waals surface area contributed by atoms with E-state index in [1.165, 1.54) is 12.8 Å². The van der Waals surface area contributed by atoms with Crippen LogP contribution in [0.5, 0.6) is 0 Å². The van der Waals surface area contributed by atoms with Crippen molar-refractivity contribution in [3.05, 3.63) is 0 Å². The first-order valence-electron chi connectivity index (χ1n) is 7.35. The Morgan fingerprint density at radius 1 is 1.35 bits per heavy atom. The topological polar surface area (TPSA) is 20.3 Å². The summed E-state index contributed by atoms with van der Waals surface area (Å²) in [5.74, 6) is 1.60. The fourth-order valence-corrected chi connectivity index (χ4v) is 2.88. The molecule has 2 unspecified atom stereocenters. The fraction of sp³-hybridized carbons (Fsp3) is 0.933. The molecule has 0 saturated heterocycles. The smallest absolute Gasteiger partial charge is 0.137 e. The van der Waals surface area contributed by atoms with E-state index in [4.69, 9.17) is 0 Å². The van der Waals surface area contributed by atoms with Crippen LogP contribution in [0.2, 0.25) is 0 Å². The van der Waals surface area contributed by atoms with E-state index < -0.39 is 0 Å². The standard InChI is InChI=1S/C15H29NO/c1-5-9-16(12(3)4)11-14-10-13(6-2)7-8-15(14)17/h12-14H,5-11H2,1-4H3. The molecule has 2 atom stereocenters. The molecule has 1 saturated carbocycles. The van der Waals surface area contributed by atoms with Gasteiger partial charge in [-0.25, -0.2) is 0 Å². The van der Waals surface area contributed by atoms with E-state index >= 15 is 0 Å². The van der Waals surface area contributed by atoms with Crippen LogP contribution in [0, 0.1) is 11.8 Å². The van der Waals surface area contributed by atoms with Crippen molar-refractivity contribution >= 4 is 5.78 Å². The highest BCUT2D eigenvalue weighted by atomic mass is 16.1. The lowest BCUT2D eigenvalue weighted by atomic mass is 9.79. The number of Topliss-reactive ketones (excluding diaryl/α,β-unsaturated/α-hetero) is 1. The molecule has 0 aromatic rings. The fourth-order valence-electron chi connectivity index (χ4n) is 2.88. The van der Waals surface area contributed by atoms with E-state index in [2.05, 4.69) is 32.6 Å². The van der Waals surface area contributed by atoms with E-state index in [1.807, 2.05) is 0 Å². The third-order valence-corrected chi connectivity index (χ3v) is 4.15. The molecule has 1 fully saturated rings. The Balaban J connectivity index is 2.54. The minimum atomic E-state index is 0.308. The van der Waals surface area contributed by atoms with Gasteiger partial charge in [0, 0.05) is 24.9 Å². The van der Waals surface area contributed by atoms with Gasteiger partial charge >= 0.3 is 0 Å². The molecule has 0 heterocycles. The van der Waals surface area contributed by atoms with Crippen LogP contribution in [0.25, 0.3) is 0 Å². The van der Waals surface area contributed by atoms with E-state index in [9.17, 15) is 4.79 Å². The molecule has 0 bridgehead atoms. The van der Waals surface area contributed by atoms with Gasteiger partial charge in [0.25, 0.3) is 0 Å². The van der Waals surface area contributed by atoms with Gasteiger partial charge < -0.3 is 4.90 Å². The summed E-state index contributed by atoms with van der Waals surface area (Å²) in [6.07, 6.45) is 5.49. The van der Waals surface area contributed by atoms with Crippen LogP contribution >= 0.6 is 0 Å². The third kappa shape index (κ3) is 4.42. The number of hydrogen-bond acceptors (Lipinski definition) is 2. The molecule has 0 N–H and O–H groups in total. The minimum Gasteiger partial charge on any atom is -0.300 e. The Hall–Kier alpha value is -0.370. The van der Waals surface area contributed by atoms with Crippen LogP contribution in [0.1, 0.15) is 59.8 Å². The first-order chi connectivity index (χ1) is 8.08. The molecule has 0 aliphatic heterocycles. The molecular weight excluding hydrogens is 210 g/mol. The Morgan fingerprint density at radius 3 is 2.59 bits per heavy atom. The Kier molecular flexibility index (Phi) is 6.18. The first-order valence-corrected chi connectivity index (χ1v) is 7.35. The molecule has 1 rings (SSSR count). The first kappa shape index (κ1) is 14.7. The Bertz CT molecular complexity index is 237. The Labute approximate surface area is 107 Å². The number of carbonyl (C=O) groups excluding carboxylic acids is 1. The third-order valence-electron chi connectivity index (χ3n) is 4.15. The maximum Gasteiger partial charge on any atom is 0.137 e. The van der Waals surface area contributed by atoms with Gasteiger partial charge in [-0.2, -0.15) is 0 Å². The van der Waals surface area contributed by atoms with Crippen LogP contribution in [0.4, 0.5) is 0 Å². The number of rotatable bonds is 6. The average molecular weight is 239 g/mol. The lowest BCUT2D eigenvalue weighted by Gasteiger charge is -2.34. The predicted octanol–water partition coefficient (Wildman–Crippen LogP) is 3.50. The van der Waals surface area contributed by atoms with Crippen LogP contribution in [-0.4, -0.2) is 29.8 Å². The summed E-state index contributed by atoms with van der Waals surface area (Å²) in [7, 11) is 0. The zero-order valence-corrected chi connectivity index (χ0v) is 12.0. The van der Waals surface area contributed by atoms with Gasteiger partial charge in [-0.15, -0.1) is 0 Å². The Morgan fingerprint density at radius 2 is 2.06 bits per heavy atom. The highest BCUT2D eigenvalue weighted by Crippen LogP contribution is 2.29. The summed E-state index contributed by atoms with van der Waals surface area (Å²) in [5, 5.41) is 0. The van der Waals surface area contributed by atoms with Crippen LogP contribution in [0.15, 0.2) is 0 Å². The highest BCUT2D eigenvalue weighted by molar-refractivity contribution is 5.81. The van der Waals surface area contributed by atoms with Gasteiger partial charge in [-0.3, -0.25) is 4.79 Å². The van der Waals surface area contributed by atoms with Crippen molar-refractivity contribution in [2.45, 2.75) is 65.8 Å². The van der Waals surface area contributed by atoms with Gasteiger partial charge in [-0.1, -0.05) is 20.3 Å². The van der Waals surface area contributed by atoms with Crippen LogP contribution in [0.3, 0.4) is 0 Å². The summed E-state index contributed by atoms with van der Waals surface area (Å²) in [4.78, 5) is 14.5. The maximum atomic E-state index is 12.0. The number of hydrogen-bond donors (Lipinski definition) is 0. The second kappa shape index (κ2) is 7.15. The quantitative estimate of drug-likeness (QED) is 0.707. The molecule has 2 nitrogen and oxygen atoms in total. The lowest BCUT2D eigenvalue weighted by molar-refractivity contribution is -0.126. The SMILES string of the molecule is CCCN(CC1CC(CC)CCC1=O)C(C)C. The number of ketones is 1. The molecule has 2 heteroatoms. The molecule has 17 heavy (non-hydrogen) atoms. The van der Waals surface area contributed by atoms with E-state index in [0.717, 1.165) is 38.3 Å². The van der Waals surface area contributed by atoms with E-state index in [1.54, 1.807) is 0 Å². The van der Waals surface area contributed by atoms with Gasteiger partial charge in [-0.05, 0) is 45.6 Å². The van der Waals surface area contributed by atoms with Crippen LogP contribution in [-0.2, 0) is 4.79 Å². The molecule has 0 aromatic heterocycles. The lowest BCUT2D eigenvalue weighted by Crippen LogP contribution is -2.40. The summed E-state index contributed by atoms with van der Waals surface area (Å²) in [6, 6.07) is 0.560. The zero-order valence-electron chi connectivity index (χ0n) is 12.0. The second-order valence-electron chi connectivity index (χ2n) is 5.80. The van der Waals surface area contributed by atoms with Crippen molar-refractivity contribution in [1.82, 2.24) is 4.90 Å². The predicted molar refractivity (Wildman–Crippen MR) is 73.1 cm³/mol. The highest BCUT2D eigenvalue weighted by Gasteiger charge is 2.29.